The molecule has 118 valence electrons. The normalized spacial score (nSPS) is 22.3. The van der Waals surface area contributed by atoms with E-state index in [9.17, 15) is 0 Å². The lowest BCUT2D eigenvalue weighted by Gasteiger charge is -2.34. The Balaban J connectivity index is 1.98. The van der Waals surface area contributed by atoms with Crippen molar-refractivity contribution in [1.29, 1.82) is 0 Å². The van der Waals surface area contributed by atoms with Crippen LogP contribution in [-0.4, -0.2) is 24.6 Å². The predicted molar refractivity (Wildman–Crippen MR) is 90.8 cm³/mol. The fourth-order valence-corrected chi connectivity index (χ4v) is 3.18. The lowest BCUT2D eigenvalue weighted by Crippen LogP contribution is -2.35. The molecule has 3 heteroatoms. The number of nitrogens with one attached hydrogen (secondary N) is 1. The van der Waals surface area contributed by atoms with Crippen molar-refractivity contribution in [3.63, 3.8) is 0 Å². The van der Waals surface area contributed by atoms with Gasteiger partial charge < -0.3 is 10.2 Å². The maximum absolute atomic E-state index is 4.83. The zero-order valence-corrected chi connectivity index (χ0v) is 14.2. The highest BCUT2D eigenvalue weighted by Gasteiger charge is 2.22. The van der Waals surface area contributed by atoms with Gasteiger partial charge in [0.15, 0.2) is 0 Å². The fourth-order valence-electron chi connectivity index (χ4n) is 3.18. The summed E-state index contributed by atoms with van der Waals surface area (Å²) in [7, 11) is 2.21. The number of hydrogen-bond acceptors (Lipinski definition) is 3. The molecule has 1 saturated carbocycles. The van der Waals surface area contributed by atoms with Gasteiger partial charge in [-0.25, -0.2) is 4.98 Å². The Bertz CT molecular complexity index is 436. The fraction of sp³-hybridized carbons (Fsp3) is 0.722. The second kappa shape index (κ2) is 7.79. The Kier molecular flexibility index (Phi) is 6.04. The van der Waals surface area contributed by atoms with Crippen LogP contribution in [0.25, 0.3) is 0 Å². The summed E-state index contributed by atoms with van der Waals surface area (Å²) in [4.78, 5) is 7.22. The van der Waals surface area contributed by atoms with Crippen molar-refractivity contribution in [2.75, 3.05) is 18.5 Å². The van der Waals surface area contributed by atoms with E-state index >= 15 is 0 Å². The van der Waals surface area contributed by atoms with E-state index in [2.05, 4.69) is 50.2 Å². The van der Waals surface area contributed by atoms with Crippen molar-refractivity contribution in [2.45, 2.75) is 65.5 Å². The first-order valence-corrected chi connectivity index (χ1v) is 8.52. The summed E-state index contributed by atoms with van der Waals surface area (Å²) in [6.07, 6.45) is 6.49. The first-order valence-electron chi connectivity index (χ1n) is 8.52. The summed E-state index contributed by atoms with van der Waals surface area (Å²) in [6, 6.07) is 5.09. The van der Waals surface area contributed by atoms with E-state index in [1.807, 2.05) is 0 Å². The van der Waals surface area contributed by atoms with Gasteiger partial charge in [0.25, 0.3) is 0 Å². The Morgan fingerprint density at radius 3 is 2.57 bits per heavy atom. The van der Waals surface area contributed by atoms with Crippen molar-refractivity contribution in [1.82, 2.24) is 10.3 Å². The number of nitrogens with zero attached hydrogens (tertiary/aromatic N) is 2. The van der Waals surface area contributed by atoms with Crippen LogP contribution in [0.2, 0.25) is 0 Å². The summed E-state index contributed by atoms with van der Waals surface area (Å²) < 4.78 is 0. The first-order chi connectivity index (χ1) is 10.1. The molecular weight excluding hydrogens is 258 g/mol. The topological polar surface area (TPSA) is 28.2 Å². The van der Waals surface area contributed by atoms with Crippen LogP contribution in [0, 0.1) is 12.8 Å². The van der Waals surface area contributed by atoms with Crippen LogP contribution in [0.4, 0.5) is 5.82 Å². The first kappa shape index (κ1) is 16.3. The molecule has 1 fully saturated rings. The van der Waals surface area contributed by atoms with Gasteiger partial charge in [-0.2, -0.15) is 0 Å². The van der Waals surface area contributed by atoms with Gasteiger partial charge in [-0.15, -0.1) is 0 Å². The second-order valence-corrected chi connectivity index (χ2v) is 6.62. The molecule has 21 heavy (non-hydrogen) atoms. The molecule has 0 amide bonds. The summed E-state index contributed by atoms with van der Waals surface area (Å²) in [5.41, 5.74) is 2.48. The van der Waals surface area contributed by atoms with Crippen molar-refractivity contribution in [3.8, 4) is 0 Å². The average molecular weight is 289 g/mol. The summed E-state index contributed by atoms with van der Waals surface area (Å²) in [5, 5.41) is 3.46. The molecule has 1 aliphatic rings. The lowest BCUT2D eigenvalue weighted by atomic mass is 9.87. The summed E-state index contributed by atoms with van der Waals surface area (Å²) in [5.74, 6) is 2.03. The van der Waals surface area contributed by atoms with Gasteiger partial charge in [-0.05, 0) is 63.1 Å². The number of aromatic nitrogens is 1. The molecule has 0 radical (unpaired) electrons. The van der Waals surface area contributed by atoms with Crippen LogP contribution in [-0.2, 0) is 6.54 Å². The van der Waals surface area contributed by atoms with Crippen molar-refractivity contribution >= 4 is 5.82 Å². The molecule has 0 spiro atoms. The molecule has 0 bridgehead atoms. The highest BCUT2D eigenvalue weighted by molar-refractivity contribution is 5.42. The van der Waals surface area contributed by atoms with E-state index in [0.717, 1.165) is 30.5 Å². The molecule has 2 rings (SSSR count). The van der Waals surface area contributed by atoms with Gasteiger partial charge in [0, 0.05) is 25.3 Å². The molecular formula is C18H31N3. The van der Waals surface area contributed by atoms with Gasteiger partial charge >= 0.3 is 0 Å². The largest absolute Gasteiger partial charge is 0.357 e. The Hall–Kier alpha value is -1.09. The van der Waals surface area contributed by atoms with Gasteiger partial charge in [-0.3, -0.25) is 0 Å². The predicted octanol–water partition coefficient (Wildman–Crippen LogP) is 3.90. The summed E-state index contributed by atoms with van der Waals surface area (Å²) >= 11 is 0. The van der Waals surface area contributed by atoms with E-state index in [4.69, 9.17) is 4.98 Å². The molecule has 3 nitrogen and oxygen atoms in total. The summed E-state index contributed by atoms with van der Waals surface area (Å²) in [6.45, 7) is 8.69. The highest BCUT2D eigenvalue weighted by Crippen LogP contribution is 2.28. The van der Waals surface area contributed by atoms with Crippen LogP contribution in [0.5, 0.6) is 0 Å². The van der Waals surface area contributed by atoms with Crippen molar-refractivity contribution in [2.24, 2.45) is 5.92 Å². The maximum Gasteiger partial charge on any atom is 0.128 e. The zero-order chi connectivity index (χ0) is 15.2. The van der Waals surface area contributed by atoms with E-state index in [1.165, 1.54) is 37.7 Å². The standard InChI is InChI=1S/C18H31N3/c1-5-12-19-13-16-8-11-18(20-15(16)3)21(4)17-9-6-14(2)7-10-17/h8,11,14,17,19H,5-7,9-10,12-13H2,1-4H3. The molecule has 1 heterocycles. The number of hydrogen-bond donors (Lipinski definition) is 1. The molecule has 1 aromatic rings. The van der Waals surface area contributed by atoms with E-state index in [-0.39, 0.29) is 0 Å². The van der Waals surface area contributed by atoms with E-state index < -0.39 is 0 Å². The van der Waals surface area contributed by atoms with Gasteiger partial charge in [0.05, 0.1) is 0 Å². The molecule has 0 aliphatic heterocycles. The molecule has 1 aliphatic carbocycles. The monoisotopic (exact) mass is 289 g/mol. The highest BCUT2D eigenvalue weighted by atomic mass is 15.2. The van der Waals surface area contributed by atoms with Crippen LogP contribution < -0.4 is 10.2 Å². The van der Waals surface area contributed by atoms with Gasteiger partial charge in [0.1, 0.15) is 5.82 Å². The lowest BCUT2D eigenvalue weighted by molar-refractivity contribution is 0.340. The van der Waals surface area contributed by atoms with Crippen LogP contribution in [0.1, 0.15) is 57.2 Å². The number of rotatable bonds is 6. The van der Waals surface area contributed by atoms with Crippen LogP contribution in [0.3, 0.4) is 0 Å². The third kappa shape index (κ3) is 4.44. The minimum Gasteiger partial charge on any atom is -0.357 e. The zero-order valence-electron chi connectivity index (χ0n) is 14.2. The maximum atomic E-state index is 4.83. The van der Waals surface area contributed by atoms with Gasteiger partial charge in [-0.1, -0.05) is 19.9 Å². The number of pyridine rings is 1. The molecule has 0 saturated heterocycles. The molecule has 0 aromatic carbocycles. The molecule has 1 aromatic heterocycles. The molecule has 1 N–H and O–H groups in total. The van der Waals surface area contributed by atoms with Crippen LogP contribution >= 0.6 is 0 Å². The average Bonchev–Trinajstić information content (AvgIpc) is 2.49. The SMILES string of the molecule is CCCNCc1ccc(N(C)C2CCC(C)CC2)nc1C. The Labute approximate surface area is 130 Å². The Morgan fingerprint density at radius 1 is 1.24 bits per heavy atom. The number of aryl methyl sites for hydroxylation is 1. The van der Waals surface area contributed by atoms with Gasteiger partial charge in [0.2, 0.25) is 0 Å². The minimum absolute atomic E-state index is 0.664. The van der Waals surface area contributed by atoms with Crippen molar-refractivity contribution < 1.29 is 0 Å². The van der Waals surface area contributed by atoms with E-state index in [1.54, 1.807) is 0 Å². The Morgan fingerprint density at radius 2 is 1.95 bits per heavy atom. The smallest absolute Gasteiger partial charge is 0.128 e. The third-order valence-corrected chi connectivity index (χ3v) is 4.82. The number of anilines is 1. The van der Waals surface area contributed by atoms with E-state index in [0.29, 0.717) is 6.04 Å². The quantitative estimate of drug-likeness (QED) is 0.805. The third-order valence-electron chi connectivity index (χ3n) is 4.82. The molecule has 0 atom stereocenters. The minimum atomic E-state index is 0.664. The van der Waals surface area contributed by atoms with Crippen LogP contribution in [0.15, 0.2) is 12.1 Å². The second-order valence-electron chi connectivity index (χ2n) is 6.62. The molecule has 0 unspecified atom stereocenters. The van der Waals surface area contributed by atoms with Crippen molar-refractivity contribution in [3.05, 3.63) is 23.4 Å².